The molecule has 1 heterocycles. The van der Waals surface area contributed by atoms with Crippen LogP contribution in [0.15, 0.2) is 63.6 Å². The molecule has 0 aliphatic heterocycles. The summed E-state index contributed by atoms with van der Waals surface area (Å²) < 4.78 is 6.49. The van der Waals surface area contributed by atoms with Crippen LogP contribution in [-0.2, 0) is 6.42 Å². The Labute approximate surface area is 126 Å². The number of hydrogen-bond donors (Lipinski definition) is 0. The molecule has 3 heteroatoms. The third kappa shape index (κ3) is 2.68. The molecular formula is C17H14BrNO. The summed E-state index contributed by atoms with van der Waals surface area (Å²) in [4.78, 5) is 0. The van der Waals surface area contributed by atoms with E-state index in [2.05, 4.69) is 52.3 Å². The molecule has 0 N–H and O–H groups in total. The van der Waals surface area contributed by atoms with Gasteiger partial charge in [-0.2, -0.15) is 0 Å². The van der Waals surface area contributed by atoms with E-state index in [4.69, 9.17) is 4.52 Å². The van der Waals surface area contributed by atoms with E-state index in [9.17, 15) is 0 Å². The Hall–Kier alpha value is -1.87. The van der Waals surface area contributed by atoms with Gasteiger partial charge in [-0.15, -0.1) is 0 Å². The molecule has 0 aliphatic carbocycles. The van der Waals surface area contributed by atoms with Gasteiger partial charge in [0.2, 0.25) is 0 Å². The molecule has 0 amide bonds. The van der Waals surface area contributed by atoms with Crippen LogP contribution >= 0.6 is 15.9 Å². The number of halogens is 1. The third-order valence-corrected chi connectivity index (χ3v) is 3.83. The number of rotatable bonds is 3. The van der Waals surface area contributed by atoms with Crippen LogP contribution < -0.4 is 0 Å². The Bertz CT molecular complexity index is 699. The van der Waals surface area contributed by atoms with Gasteiger partial charge < -0.3 is 4.52 Å². The Kier molecular flexibility index (Phi) is 3.70. The van der Waals surface area contributed by atoms with Crippen molar-refractivity contribution in [3.63, 3.8) is 0 Å². The predicted molar refractivity (Wildman–Crippen MR) is 84.5 cm³/mol. The van der Waals surface area contributed by atoms with E-state index in [0.29, 0.717) is 0 Å². The molecule has 0 unspecified atom stereocenters. The highest BCUT2D eigenvalue weighted by Gasteiger charge is 2.08. The molecule has 20 heavy (non-hydrogen) atoms. The molecule has 0 saturated heterocycles. The largest absolute Gasteiger partial charge is 0.356 e. The van der Waals surface area contributed by atoms with Gasteiger partial charge in [0.15, 0.2) is 5.76 Å². The molecule has 0 saturated carbocycles. The summed E-state index contributed by atoms with van der Waals surface area (Å²) in [5.74, 6) is 0.784. The minimum Gasteiger partial charge on any atom is -0.356 e. The first kappa shape index (κ1) is 13.1. The van der Waals surface area contributed by atoms with E-state index >= 15 is 0 Å². The lowest BCUT2D eigenvalue weighted by Crippen LogP contribution is -1.80. The topological polar surface area (TPSA) is 26.0 Å². The summed E-state index contributed by atoms with van der Waals surface area (Å²) in [7, 11) is 0. The zero-order chi connectivity index (χ0) is 13.9. The molecule has 0 atom stereocenters. The van der Waals surface area contributed by atoms with E-state index in [-0.39, 0.29) is 0 Å². The van der Waals surface area contributed by atoms with Crippen LogP contribution in [-0.4, -0.2) is 5.16 Å². The Morgan fingerprint density at radius 1 is 0.950 bits per heavy atom. The predicted octanol–water partition coefficient (Wildman–Crippen LogP) is 5.33. The quantitative estimate of drug-likeness (QED) is 0.649. The third-order valence-electron chi connectivity index (χ3n) is 3.30. The fourth-order valence-corrected chi connectivity index (χ4v) is 2.34. The van der Waals surface area contributed by atoms with Crippen LogP contribution in [0.5, 0.6) is 0 Å². The summed E-state index contributed by atoms with van der Waals surface area (Å²) >= 11 is 3.43. The lowest BCUT2D eigenvalue weighted by atomic mass is 10.1. The van der Waals surface area contributed by atoms with Crippen molar-refractivity contribution in [3.05, 3.63) is 64.6 Å². The lowest BCUT2D eigenvalue weighted by Gasteiger charge is -1.98. The molecule has 2 aromatic carbocycles. The number of benzene rings is 2. The maximum Gasteiger partial charge on any atom is 0.167 e. The van der Waals surface area contributed by atoms with E-state index < -0.39 is 0 Å². The van der Waals surface area contributed by atoms with Crippen molar-refractivity contribution >= 4 is 15.9 Å². The van der Waals surface area contributed by atoms with Crippen LogP contribution in [0.2, 0.25) is 0 Å². The van der Waals surface area contributed by atoms with Crippen LogP contribution in [0.25, 0.3) is 22.6 Å². The van der Waals surface area contributed by atoms with Crippen molar-refractivity contribution < 1.29 is 4.52 Å². The normalized spacial score (nSPS) is 10.7. The highest BCUT2D eigenvalue weighted by molar-refractivity contribution is 9.10. The van der Waals surface area contributed by atoms with Gasteiger partial charge in [0.05, 0.1) is 0 Å². The van der Waals surface area contributed by atoms with Gasteiger partial charge in [-0.05, 0) is 24.1 Å². The van der Waals surface area contributed by atoms with Crippen molar-refractivity contribution in [1.82, 2.24) is 5.16 Å². The SMILES string of the molecule is CCc1ccc(-c2cc(-c3ccc(Br)cc3)on2)cc1. The molecule has 0 fully saturated rings. The minimum absolute atomic E-state index is 0.784. The van der Waals surface area contributed by atoms with Crippen molar-refractivity contribution in [3.8, 4) is 22.6 Å². The first-order valence-corrected chi connectivity index (χ1v) is 7.37. The molecule has 100 valence electrons. The summed E-state index contributed by atoms with van der Waals surface area (Å²) in [6, 6.07) is 18.4. The zero-order valence-corrected chi connectivity index (χ0v) is 12.7. The lowest BCUT2D eigenvalue weighted by molar-refractivity contribution is 0.435. The number of hydrogen-bond acceptors (Lipinski definition) is 2. The van der Waals surface area contributed by atoms with Crippen LogP contribution in [0.4, 0.5) is 0 Å². The van der Waals surface area contributed by atoms with Crippen molar-refractivity contribution in [2.24, 2.45) is 0 Å². The summed E-state index contributed by atoms with van der Waals surface area (Å²) in [5.41, 5.74) is 4.29. The maximum atomic E-state index is 5.44. The second kappa shape index (κ2) is 5.63. The second-order valence-corrected chi connectivity index (χ2v) is 5.55. The first-order chi connectivity index (χ1) is 9.76. The molecule has 0 spiro atoms. The fraction of sp³-hybridized carbons (Fsp3) is 0.118. The molecule has 2 nitrogen and oxygen atoms in total. The Morgan fingerprint density at radius 3 is 2.25 bits per heavy atom. The van der Waals surface area contributed by atoms with Gasteiger partial charge in [0.25, 0.3) is 0 Å². The molecule has 0 aliphatic rings. The summed E-state index contributed by atoms with van der Waals surface area (Å²) in [6.07, 6.45) is 1.04. The van der Waals surface area contributed by atoms with Gasteiger partial charge in [-0.25, -0.2) is 0 Å². The fourth-order valence-electron chi connectivity index (χ4n) is 2.07. The summed E-state index contributed by atoms with van der Waals surface area (Å²) in [5, 5.41) is 4.15. The molecule has 0 radical (unpaired) electrons. The van der Waals surface area contributed by atoms with Crippen LogP contribution in [0, 0.1) is 0 Å². The monoisotopic (exact) mass is 327 g/mol. The highest BCUT2D eigenvalue weighted by Crippen LogP contribution is 2.27. The smallest absolute Gasteiger partial charge is 0.167 e. The van der Waals surface area contributed by atoms with E-state index in [1.54, 1.807) is 0 Å². The molecule has 1 aromatic heterocycles. The molecular weight excluding hydrogens is 314 g/mol. The Morgan fingerprint density at radius 2 is 1.60 bits per heavy atom. The average Bonchev–Trinajstić information content (AvgIpc) is 2.98. The van der Waals surface area contributed by atoms with E-state index in [0.717, 1.165) is 33.5 Å². The van der Waals surface area contributed by atoms with E-state index in [1.165, 1.54) is 5.56 Å². The van der Waals surface area contributed by atoms with Gasteiger partial charge in [0.1, 0.15) is 5.69 Å². The van der Waals surface area contributed by atoms with Crippen LogP contribution in [0.1, 0.15) is 12.5 Å². The zero-order valence-electron chi connectivity index (χ0n) is 11.1. The number of aryl methyl sites for hydroxylation is 1. The Balaban J connectivity index is 1.91. The van der Waals surface area contributed by atoms with Crippen molar-refractivity contribution in [2.45, 2.75) is 13.3 Å². The van der Waals surface area contributed by atoms with Gasteiger partial charge in [-0.3, -0.25) is 0 Å². The van der Waals surface area contributed by atoms with E-state index in [1.807, 2.05) is 30.3 Å². The first-order valence-electron chi connectivity index (χ1n) is 6.58. The molecule has 3 aromatic rings. The van der Waals surface area contributed by atoms with Gasteiger partial charge in [0, 0.05) is 21.7 Å². The van der Waals surface area contributed by atoms with Crippen molar-refractivity contribution in [1.29, 1.82) is 0 Å². The molecule has 3 rings (SSSR count). The second-order valence-electron chi connectivity index (χ2n) is 4.63. The van der Waals surface area contributed by atoms with Gasteiger partial charge >= 0.3 is 0 Å². The minimum atomic E-state index is 0.784. The average molecular weight is 328 g/mol. The summed E-state index contributed by atoms with van der Waals surface area (Å²) in [6.45, 7) is 2.15. The standard InChI is InChI=1S/C17H14BrNO/c1-2-12-3-5-13(6-4-12)16-11-17(20-19-16)14-7-9-15(18)10-8-14/h3-11H,2H2,1H3. The van der Waals surface area contributed by atoms with Gasteiger partial charge in [-0.1, -0.05) is 64.4 Å². The van der Waals surface area contributed by atoms with Crippen molar-refractivity contribution in [2.75, 3.05) is 0 Å². The number of aromatic nitrogens is 1. The highest BCUT2D eigenvalue weighted by atomic mass is 79.9. The molecule has 0 bridgehead atoms. The van der Waals surface area contributed by atoms with Crippen LogP contribution in [0.3, 0.4) is 0 Å². The maximum absolute atomic E-state index is 5.44. The number of nitrogens with zero attached hydrogens (tertiary/aromatic N) is 1.